The zero-order chi connectivity index (χ0) is 12.8. The van der Waals surface area contributed by atoms with Crippen LogP contribution in [0.4, 0.5) is 0 Å². The molecule has 0 radical (unpaired) electrons. The highest BCUT2D eigenvalue weighted by Crippen LogP contribution is 2.23. The molecule has 2 heterocycles. The average molecular weight is 252 g/mol. The van der Waals surface area contributed by atoms with E-state index in [4.69, 9.17) is 14.2 Å². The van der Waals surface area contributed by atoms with Gasteiger partial charge in [0, 0.05) is 6.20 Å². The van der Waals surface area contributed by atoms with Gasteiger partial charge in [0.1, 0.15) is 11.9 Å². The van der Waals surface area contributed by atoms with Gasteiger partial charge in [-0.3, -0.25) is 4.98 Å². The third-order valence-corrected chi connectivity index (χ3v) is 2.97. The topological polar surface area (TPSA) is 52.6 Å². The normalized spacial score (nSPS) is 21.6. The maximum atomic E-state index is 5.76. The summed E-state index contributed by atoms with van der Waals surface area (Å²) in [5.74, 6) is 0.757. The van der Waals surface area contributed by atoms with E-state index in [1.54, 1.807) is 13.3 Å². The van der Waals surface area contributed by atoms with E-state index in [2.05, 4.69) is 17.2 Å². The summed E-state index contributed by atoms with van der Waals surface area (Å²) in [6, 6.07) is 2.07. The minimum atomic E-state index is 0.0209. The van der Waals surface area contributed by atoms with E-state index in [1.165, 1.54) is 0 Å². The van der Waals surface area contributed by atoms with Crippen LogP contribution in [0.2, 0.25) is 0 Å². The second-order valence-electron chi connectivity index (χ2n) is 4.18. The first-order valence-corrected chi connectivity index (χ1v) is 6.26. The zero-order valence-electron chi connectivity index (χ0n) is 10.9. The van der Waals surface area contributed by atoms with Gasteiger partial charge in [-0.05, 0) is 18.2 Å². The molecule has 2 atom stereocenters. The van der Waals surface area contributed by atoms with Crippen molar-refractivity contribution in [1.82, 2.24) is 10.3 Å². The first-order valence-electron chi connectivity index (χ1n) is 6.26. The molecule has 0 spiro atoms. The first-order chi connectivity index (χ1) is 8.85. The summed E-state index contributed by atoms with van der Waals surface area (Å²) in [6.45, 7) is 4.86. The number of rotatable bonds is 5. The first kappa shape index (κ1) is 13.3. The van der Waals surface area contributed by atoms with E-state index < -0.39 is 0 Å². The van der Waals surface area contributed by atoms with E-state index in [-0.39, 0.29) is 12.1 Å². The molecule has 1 fully saturated rings. The van der Waals surface area contributed by atoms with Crippen LogP contribution in [-0.2, 0) is 9.47 Å². The van der Waals surface area contributed by atoms with Crippen LogP contribution in [0.1, 0.15) is 18.5 Å². The van der Waals surface area contributed by atoms with Crippen molar-refractivity contribution in [3.05, 3.63) is 24.0 Å². The summed E-state index contributed by atoms with van der Waals surface area (Å²) >= 11 is 0. The lowest BCUT2D eigenvalue weighted by atomic mass is 10.0. The lowest BCUT2D eigenvalue weighted by molar-refractivity contribution is -0.102. The van der Waals surface area contributed by atoms with Crippen molar-refractivity contribution in [2.75, 3.05) is 33.5 Å². The van der Waals surface area contributed by atoms with E-state index in [0.717, 1.165) is 17.9 Å². The van der Waals surface area contributed by atoms with Gasteiger partial charge >= 0.3 is 0 Å². The van der Waals surface area contributed by atoms with Crippen LogP contribution in [-0.4, -0.2) is 44.6 Å². The number of hydrogen-bond donors (Lipinski definition) is 1. The minimum absolute atomic E-state index is 0.0209. The Morgan fingerprint density at radius 2 is 2.39 bits per heavy atom. The minimum Gasteiger partial charge on any atom is -0.495 e. The van der Waals surface area contributed by atoms with Crippen molar-refractivity contribution >= 4 is 0 Å². The van der Waals surface area contributed by atoms with Crippen LogP contribution in [0.3, 0.4) is 0 Å². The Balaban J connectivity index is 2.16. The lowest BCUT2D eigenvalue weighted by Gasteiger charge is -2.31. The van der Waals surface area contributed by atoms with Crippen LogP contribution < -0.4 is 10.1 Å². The Morgan fingerprint density at radius 3 is 3.06 bits per heavy atom. The Bertz CT molecular complexity index is 367. The van der Waals surface area contributed by atoms with Crippen LogP contribution >= 0.6 is 0 Å². The molecule has 0 aromatic carbocycles. The fourth-order valence-electron chi connectivity index (χ4n) is 2.10. The Kier molecular flexibility index (Phi) is 4.92. The molecular weight excluding hydrogens is 232 g/mol. The third-order valence-electron chi connectivity index (χ3n) is 2.97. The Morgan fingerprint density at radius 1 is 1.50 bits per heavy atom. The van der Waals surface area contributed by atoms with Gasteiger partial charge in [-0.25, -0.2) is 0 Å². The molecule has 5 nitrogen and oxygen atoms in total. The largest absolute Gasteiger partial charge is 0.495 e. The molecule has 0 saturated carbocycles. The number of ether oxygens (including phenoxy) is 3. The summed E-state index contributed by atoms with van der Waals surface area (Å²) in [5, 5.41) is 3.42. The molecule has 0 bridgehead atoms. The molecule has 1 saturated heterocycles. The highest BCUT2D eigenvalue weighted by molar-refractivity contribution is 5.26. The molecule has 1 N–H and O–H groups in total. The van der Waals surface area contributed by atoms with Crippen LogP contribution in [0, 0.1) is 0 Å². The Hall–Kier alpha value is -1.17. The van der Waals surface area contributed by atoms with Crippen molar-refractivity contribution in [2.24, 2.45) is 0 Å². The molecule has 0 amide bonds. The molecule has 18 heavy (non-hydrogen) atoms. The molecule has 2 rings (SSSR count). The lowest BCUT2D eigenvalue weighted by Crippen LogP contribution is -2.40. The fourth-order valence-corrected chi connectivity index (χ4v) is 2.10. The van der Waals surface area contributed by atoms with Gasteiger partial charge in [-0.2, -0.15) is 0 Å². The quantitative estimate of drug-likeness (QED) is 0.852. The molecule has 1 aliphatic heterocycles. The van der Waals surface area contributed by atoms with Crippen molar-refractivity contribution in [3.8, 4) is 5.75 Å². The monoisotopic (exact) mass is 252 g/mol. The van der Waals surface area contributed by atoms with Gasteiger partial charge in [-0.1, -0.05) is 6.92 Å². The van der Waals surface area contributed by atoms with Crippen molar-refractivity contribution in [2.45, 2.75) is 19.1 Å². The summed E-state index contributed by atoms with van der Waals surface area (Å²) in [6.07, 6.45) is 3.56. The van der Waals surface area contributed by atoms with Crippen molar-refractivity contribution in [1.29, 1.82) is 0 Å². The molecule has 1 aromatic heterocycles. The highest BCUT2D eigenvalue weighted by Gasteiger charge is 2.26. The number of nitrogens with one attached hydrogen (secondary N) is 1. The smallest absolute Gasteiger partial charge is 0.137 e. The highest BCUT2D eigenvalue weighted by atomic mass is 16.6. The Labute approximate surface area is 107 Å². The molecule has 1 aromatic rings. The number of hydrogen-bond acceptors (Lipinski definition) is 5. The number of nitrogens with zero attached hydrogens (tertiary/aromatic N) is 1. The van der Waals surface area contributed by atoms with Gasteiger partial charge in [-0.15, -0.1) is 0 Å². The fraction of sp³-hybridized carbons (Fsp3) is 0.615. The SMILES string of the molecule is CCNC(c1cncc(OC)c1)C1COCCO1. The second-order valence-corrected chi connectivity index (χ2v) is 4.18. The standard InChI is InChI=1S/C13H20N2O3/c1-3-15-13(12-9-17-4-5-18-12)10-6-11(16-2)8-14-7-10/h6-8,12-13,15H,3-5,9H2,1-2H3. The number of methoxy groups -OCH3 is 1. The number of aromatic nitrogens is 1. The maximum Gasteiger partial charge on any atom is 0.137 e. The van der Waals surface area contributed by atoms with E-state index in [9.17, 15) is 0 Å². The molecule has 0 aliphatic carbocycles. The average Bonchev–Trinajstić information content (AvgIpc) is 2.46. The number of pyridine rings is 1. The van der Waals surface area contributed by atoms with Crippen LogP contribution in [0.25, 0.3) is 0 Å². The summed E-state index contributed by atoms with van der Waals surface area (Å²) < 4.78 is 16.4. The molecule has 100 valence electrons. The molecular formula is C13H20N2O3. The van der Waals surface area contributed by atoms with Crippen molar-refractivity contribution in [3.63, 3.8) is 0 Å². The number of likely N-dealkylation sites (N-methyl/N-ethyl adjacent to an activating group) is 1. The molecule has 2 unspecified atom stereocenters. The third kappa shape index (κ3) is 3.19. The van der Waals surface area contributed by atoms with Gasteiger partial charge in [0.05, 0.1) is 39.2 Å². The van der Waals surface area contributed by atoms with E-state index in [1.807, 2.05) is 12.3 Å². The molecule has 5 heteroatoms. The molecule has 1 aliphatic rings. The summed E-state index contributed by atoms with van der Waals surface area (Å²) in [5.41, 5.74) is 1.06. The maximum absolute atomic E-state index is 5.76. The van der Waals surface area contributed by atoms with Gasteiger partial charge in [0.25, 0.3) is 0 Å². The zero-order valence-corrected chi connectivity index (χ0v) is 10.9. The van der Waals surface area contributed by atoms with Crippen LogP contribution in [0.15, 0.2) is 18.5 Å². The summed E-state index contributed by atoms with van der Waals surface area (Å²) in [4.78, 5) is 4.19. The summed E-state index contributed by atoms with van der Waals surface area (Å²) in [7, 11) is 1.64. The predicted octanol–water partition coefficient (Wildman–Crippen LogP) is 1.16. The van der Waals surface area contributed by atoms with Crippen LogP contribution in [0.5, 0.6) is 5.75 Å². The van der Waals surface area contributed by atoms with Gasteiger partial charge in [0.15, 0.2) is 0 Å². The van der Waals surface area contributed by atoms with Gasteiger partial charge in [0.2, 0.25) is 0 Å². The van der Waals surface area contributed by atoms with Gasteiger partial charge < -0.3 is 19.5 Å². The predicted molar refractivity (Wildman–Crippen MR) is 67.8 cm³/mol. The second kappa shape index (κ2) is 6.68. The van der Waals surface area contributed by atoms with E-state index >= 15 is 0 Å². The van der Waals surface area contributed by atoms with E-state index in [0.29, 0.717) is 19.8 Å². The van der Waals surface area contributed by atoms with Crippen molar-refractivity contribution < 1.29 is 14.2 Å².